The third kappa shape index (κ3) is 3.86. The number of aromatic amines is 1. The molecule has 1 aliphatic rings. The van der Waals surface area contributed by atoms with Gasteiger partial charge in [0.15, 0.2) is 5.65 Å². The van der Waals surface area contributed by atoms with E-state index in [0.29, 0.717) is 17.5 Å². The quantitative estimate of drug-likeness (QED) is 0.350. The molecular weight excluding hydrogens is 412 g/mol. The van der Waals surface area contributed by atoms with Gasteiger partial charge in [0.1, 0.15) is 11.6 Å². The maximum atomic E-state index is 6.29. The zero-order valence-corrected chi connectivity index (χ0v) is 18.2. The lowest BCUT2D eigenvalue weighted by molar-refractivity contribution is 0.150. The molecule has 0 unspecified atom stereocenters. The van der Waals surface area contributed by atoms with Crippen molar-refractivity contribution < 1.29 is 4.74 Å². The highest BCUT2D eigenvalue weighted by Gasteiger charge is 2.19. The molecule has 1 fully saturated rings. The molecule has 2 N–H and O–H groups in total. The van der Waals surface area contributed by atoms with Crippen molar-refractivity contribution in [1.82, 2.24) is 24.9 Å². The summed E-state index contributed by atoms with van der Waals surface area (Å²) in [6, 6.07) is 18.5. The minimum atomic E-state index is 0.181. The first-order chi connectivity index (χ1) is 16.3. The number of H-pyrrole nitrogens is 1. The van der Waals surface area contributed by atoms with Gasteiger partial charge < -0.3 is 15.0 Å². The SMILES string of the molecule is c1ccc(-c2ccnc3c(Nc4nc(OC5CCCCC5)c5[nH]cnc5n4)cccc23)cc1. The van der Waals surface area contributed by atoms with Crippen LogP contribution in [0.3, 0.4) is 0 Å². The second-order valence-electron chi connectivity index (χ2n) is 8.38. The topological polar surface area (TPSA) is 88.6 Å². The van der Waals surface area contributed by atoms with E-state index < -0.39 is 0 Å². The van der Waals surface area contributed by atoms with Crippen molar-refractivity contribution in [2.24, 2.45) is 0 Å². The summed E-state index contributed by atoms with van der Waals surface area (Å²) in [5, 5.41) is 4.43. The molecule has 3 heterocycles. The first kappa shape index (κ1) is 19.7. The molecule has 1 aliphatic carbocycles. The van der Waals surface area contributed by atoms with Gasteiger partial charge in [0, 0.05) is 11.6 Å². The van der Waals surface area contributed by atoms with Gasteiger partial charge in [0.05, 0.1) is 17.5 Å². The molecule has 0 radical (unpaired) electrons. The highest BCUT2D eigenvalue weighted by atomic mass is 16.5. The molecule has 3 aromatic heterocycles. The number of fused-ring (bicyclic) bond motifs is 2. The molecule has 5 aromatic rings. The third-order valence-electron chi connectivity index (χ3n) is 6.19. The Morgan fingerprint density at radius 2 is 1.76 bits per heavy atom. The predicted octanol–water partition coefficient (Wildman–Crippen LogP) is 6.02. The second kappa shape index (κ2) is 8.50. The molecule has 2 aromatic carbocycles. The van der Waals surface area contributed by atoms with Crippen molar-refractivity contribution in [3.63, 3.8) is 0 Å². The van der Waals surface area contributed by atoms with Crippen molar-refractivity contribution in [2.45, 2.75) is 38.2 Å². The van der Waals surface area contributed by atoms with E-state index in [1.807, 2.05) is 42.6 Å². The van der Waals surface area contributed by atoms with E-state index in [1.54, 1.807) is 6.33 Å². The number of anilines is 2. The molecule has 33 heavy (non-hydrogen) atoms. The number of rotatable bonds is 5. The Morgan fingerprint density at radius 1 is 0.879 bits per heavy atom. The number of nitrogens with one attached hydrogen (secondary N) is 2. The van der Waals surface area contributed by atoms with Gasteiger partial charge in [-0.05, 0) is 48.9 Å². The summed E-state index contributed by atoms with van der Waals surface area (Å²) in [5.74, 6) is 0.991. The van der Waals surface area contributed by atoms with E-state index in [0.717, 1.165) is 46.1 Å². The van der Waals surface area contributed by atoms with Crippen LogP contribution >= 0.6 is 0 Å². The first-order valence-electron chi connectivity index (χ1n) is 11.4. The zero-order chi connectivity index (χ0) is 22.0. The first-order valence-corrected chi connectivity index (χ1v) is 11.4. The number of hydrogen-bond acceptors (Lipinski definition) is 6. The molecule has 0 bridgehead atoms. The van der Waals surface area contributed by atoms with Gasteiger partial charge in [-0.3, -0.25) is 4.98 Å². The molecular formula is C26H24N6O. The molecule has 0 saturated heterocycles. The largest absolute Gasteiger partial charge is 0.473 e. The fourth-order valence-corrected chi connectivity index (χ4v) is 4.56. The third-order valence-corrected chi connectivity index (χ3v) is 6.19. The van der Waals surface area contributed by atoms with Crippen LogP contribution < -0.4 is 10.1 Å². The van der Waals surface area contributed by atoms with Gasteiger partial charge >= 0.3 is 0 Å². The minimum Gasteiger partial charge on any atom is -0.473 e. The van der Waals surface area contributed by atoms with Crippen molar-refractivity contribution in [3.05, 3.63) is 67.1 Å². The number of imidazole rings is 1. The molecule has 6 rings (SSSR count). The van der Waals surface area contributed by atoms with Gasteiger partial charge in [-0.25, -0.2) is 4.98 Å². The Labute approximate surface area is 191 Å². The Hall–Kier alpha value is -4.00. The highest BCUT2D eigenvalue weighted by molar-refractivity contribution is 6.01. The molecule has 0 spiro atoms. The maximum absolute atomic E-state index is 6.29. The predicted molar refractivity (Wildman–Crippen MR) is 130 cm³/mol. The number of hydrogen-bond donors (Lipinski definition) is 2. The van der Waals surface area contributed by atoms with Gasteiger partial charge in [0.25, 0.3) is 0 Å². The van der Waals surface area contributed by atoms with E-state index in [4.69, 9.17) is 9.72 Å². The van der Waals surface area contributed by atoms with E-state index in [-0.39, 0.29) is 6.10 Å². The average Bonchev–Trinajstić information content (AvgIpc) is 3.34. The highest BCUT2D eigenvalue weighted by Crippen LogP contribution is 2.33. The van der Waals surface area contributed by atoms with Gasteiger partial charge in [-0.1, -0.05) is 48.9 Å². The maximum Gasteiger partial charge on any atom is 0.245 e. The summed E-state index contributed by atoms with van der Waals surface area (Å²) in [6.07, 6.45) is 9.41. The van der Waals surface area contributed by atoms with Crippen molar-refractivity contribution in [3.8, 4) is 17.0 Å². The number of ether oxygens (including phenoxy) is 1. The van der Waals surface area contributed by atoms with Crippen LogP contribution in [0.2, 0.25) is 0 Å². The van der Waals surface area contributed by atoms with Crippen LogP contribution in [0.1, 0.15) is 32.1 Å². The molecule has 0 atom stereocenters. The van der Waals surface area contributed by atoms with Crippen LogP contribution in [0.5, 0.6) is 5.88 Å². The molecule has 164 valence electrons. The monoisotopic (exact) mass is 436 g/mol. The smallest absolute Gasteiger partial charge is 0.245 e. The second-order valence-corrected chi connectivity index (χ2v) is 8.38. The van der Waals surface area contributed by atoms with E-state index in [9.17, 15) is 0 Å². The van der Waals surface area contributed by atoms with Crippen LogP contribution in [0.4, 0.5) is 11.6 Å². The summed E-state index contributed by atoms with van der Waals surface area (Å²) in [4.78, 5) is 21.4. The number of benzene rings is 2. The Morgan fingerprint density at radius 3 is 2.64 bits per heavy atom. The Balaban J connectivity index is 1.38. The van der Waals surface area contributed by atoms with Crippen molar-refractivity contribution >= 4 is 33.7 Å². The fourth-order valence-electron chi connectivity index (χ4n) is 4.56. The molecule has 0 aliphatic heterocycles. The van der Waals surface area contributed by atoms with Crippen molar-refractivity contribution in [1.29, 1.82) is 0 Å². The summed E-state index contributed by atoms with van der Waals surface area (Å²) in [6.45, 7) is 0. The average molecular weight is 437 g/mol. The van der Waals surface area contributed by atoms with Crippen LogP contribution in [0.15, 0.2) is 67.1 Å². The molecule has 1 saturated carbocycles. The van der Waals surface area contributed by atoms with Crippen LogP contribution in [-0.2, 0) is 0 Å². The van der Waals surface area contributed by atoms with Gasteiger partial charge in [-0.2, -0.15) is 9.97 Å². The summed E-state index contributed by atoms with van der Waals surface area (Å²) in [5.41, 5.74) is 5.29. The van der Waals surface area contributed by atoms with Crippen LogP contribution in [0, 0.1) is 0 Å². The standard InChI is InChI=1S/C26H24N6O/c1-3-8-17(9-4-1)19-14-15-27-22-20(19)12-7-13-21(22)30-26-31-24-23(28-16-29-24)25(32-26)33-18-10-5-2-6-11-18/h1,3-4,7-9,12-16,18H,2,5-6,10-11H2,(H2,28,29,30,31,32). The lowest BCUT2D eigenvalue weighted by atomic mass is 9.98. The summed E-state index contributed by atoms with van der Waals surface area (Å²) >= 11 is 0. The van der Waals surface area contributed by atoms with Crippen LogP contribution in [0.25, 0.3) is 33.2 Å². The molecule has 0 amide bonds. The number of nitrogens with zero attached hydrogens (tertiary/aromatic N) is 4. The molecule has 7 nitrogen and oxygen atoms in total. The fraction of sp³-hybridized carbons (Fsp3) is 0.231. The summed E-state index contributed by atoms with van der Waals surface area (Å²) < 4.78 is 6.29. The number of aromatic nitrogens is 5. The summed E-state index contributed by atoms with van der Waals surface area (Å²) in [7, 11) is 0. The normalized spacial score (nSPS) is 14.5. The lowest BCUT2D eigenvalue weighted by Gasteiger charge is -2.22. The van der Waals surface area contributed by atoms with Gasteiger partial charge in [-0.15, -0.1) is 0 Å². The van der Waals surface area contributed by atoms with Crippen molar-refractivity contribution in [2.75, 3.05) is 5.32 Å². The van der Waals surface area contributed by atoms with E-state index in [1.165, 1.54) is 19.3 Å². The minimum absolute atomic E-state index is 0.181. The van der Waals surface area contributed by atoms with Gasteiger partial charge in [0.2, 0.25) is 11.8 Å². The Bertz CT molecular complexity index is 1410. The van der Waals surface area contributed by atoms with Crippen LogP contribution in [-0.4, -0.2) is 31.0 Å². The van der Waals surface area contributed by atoms with E-state index in [2.05, 4.69) is 43.5 Å². The number of pyridine rings is 1. The van der Waals surface area contributed by atoms with E-state index >= 15 is 0 Å². The zero-order valence-electron chi connectivity index (χ0n) is 18.2. The lowest BCUT2D eigenvalue weighted by Crippen LogP contribution is -2.20. The Kier molecular flexibility index (Phi) is 5.07. The number of para-hydroxylation sites is 1. The molecule has 7 heteroatoms.